The van der Waals surface area contributed by atoms with Crippen molar-refractivity contribution in [2.24, 2.45) is 0 Å². The summed E-state index contributed by atoms with van der Waals surface area (Å²) in [6.07, 6.45) is 1.31. The summed E-state index contributed by atoms with van der Waals surface area (Å²) < 4.78 is 0. The van der Waals surface area contributed by atoms with Gasteiger partial charge in [-0.15, -0.1) is 11.3 Å². The second-order valence-electron chi connectivity index (χ2n) is 3.68. The molecule has 1 aliphatic rings. The monoisotopic (exact) mass is 228 g/mol. The van der Waals surface area contributed by atoms with Gasteiger partial charge in [0, 0.05) is 23.1 Å². The molecule has 2 nitrogen and oxygen atoms in total. The average Bonchev–Trinajstić information content (AvgIpc) is 2.86. The van der Waals surface area contributed by atoms with Crippen molar-refractivity contribution in [1.82, 2.24) is 10.3 Å². The first-order valence-corrected chi connectivity index (χ1v) is 7.05. The first-order valence-electron chi connectivity index (χ1n) is 5.01. The minimum absolute atomic E-state index is 0.383. The molecule has 0 saturated carbocycles. The van der Waals surface area contributed by atoms with Gasteiger partial charge in [0.15, 0.2) is 0 Å². The number of aromatic nitrogens is 1. The standard InChI is InChI=1S/C10H16N2S2/c1-7(11-2)9-6-14-10(12-9)8-3-4-13-5-8/h6-8,11H,3-5H2,1-2H3. The number of hydrogen-bond donors (Lipinski definition) is 1. The van der Waals surface area contributed by atoms with Crippen molar-refractivity contribution < 1.29 is 0 Å². The van der Waals surface area contributed by atoms with Crippen molar-refractivity contribution >= 4 is 23.1 Å². The Labute approximate surface area is 93.5 Å². The van der Waals surface area contributed by atoms with E-state index in [1.54, 1.807) is 0 Å². The van der Waals surface area contributed by atoms with Crippen molar-refractivity contribution in [3.05, 3.63) is 16.1 Å². The molecule has 0 spiro atoms. The van der Waals surface area contributed by atoms with Crippen LogP contribution in [0.5, 0.6) is 0 Å². The number of nitrogens with one attached hydrogen (secondary N) is 1. The Kier molecular flexibility index (Phi) is 3.47. The SMILES string of the molecule is CNC(C)c1csc(C2CCSC2)n1. The lowest BCUT2D eigenvalue weighted by atomic mass is 10.1. The fraction of sp³-hybridized carbons (Fsp3) is 0.700. The molecular formula is C10H16N2S2. The Morgan fingerprint density at radius 1 is 1.64 bits per heavy atom. The van der Waals surface area contributed by atoms with Crippen LogP contribution in [0.25, 0.3) is 0 Å². The number of thiazole rings is 1. The summed E-state index contributed by atoms with van der Waals surface area (Å²) in [5.74, 6) is 3.30. The predicted molar refractivity (Wildman–Crippen MR) is 64.3 cm³/mol. The molecule has 2 heterocycles. The molecule has 1 aliphatic heterocycles. The van der Waals surface area contributed by atoms with Crippen molar-refractivity contribution in [2.45, 2.75) is 25.3 Å². The van der Waals surface area contributed by atoms with Crippen LogP contribution >= 0.6 is 23.1 Å². The lowest BCUT2D eigenvalue weighted by Gasteiger charge is -2.06. The molecule has 0 aliphatic carbocycles. The lowest BCUT2D eigenvalue weighted by Crippen LogP contribution is -2.12. The predicted octanol–water partition coefficient (Wildman–Crippen LogP) is 2.64. The summed E-state index contributed by atoms with van der Waals surface area (Å²) in [4.78, 5) is 4.71. The first kappa shape index (κ1) is 10.5. The molecule has 2 atom stereocenters. The maximum atomic E-state index is 4.71. The zero-order valence-electron chi connectivity index (χ0n) is 8.62. The van der Waals surface area contributed by atoms with Crippen LogP contribution in [0.2, 0.25) is 0 Å². The zero-order chi connectivity index (χ0) is 9.97. The van der Waals surface area contributed by atoms with Gasteiger partial charge in [-0.2, -0.15) is 11.8 Å². The van der Waals surface area contributed by atoms with E-state index in [9.17, 15) is 0 Å². The molecule has 2 rings (SSSR count). The van der Waals surface area contributed by atoms with E-state index < -0.39 is 0 Å². The van der Waals surface area contributed by atoms with Crippen LogP contribution in [0.15, 0.2) is 5.38 Å². The summed E-state index contributed by atoms with van der Waals surface area (Å²) in [7, 11) is 1.98. The van der Waals surface area contributed by atoms with Crippen LogP contribution < -0.4 is 5.32 Å². The molecule has 2 unspecified atom stereocenters. The van der Waals surface area contributed by atoms with Gasteiger partial charge in [0.25, 0.3) is 0 Å². The van der Waals surface area contributed by atoms with E-state index >= 15 is 0 Å². The molecule has 1 N–H and O–H groups in total. The topological polar surface area (TPSA) is 24.9 Å². The van der Waals surface area contributed by atoms with Gasteiger partial charge in [-0.25, -0.2) is 4.98 Å². The minimum atomic E-state index is 0.383. The Hall–Kier alpha value is -0.0600. The Balaban J connectivity index is 2.08. The van der Waals surface area contributed by atoms with Gasteiger partial charge in [-0.05, 0) is 26.1 Å². The van der Waals surface area contributed by atoms with Crippen LogP contribution in [0.1, 0.15) is 36.0 Å². The average molecular weight is 228 g/mol. The van der Waals surface area contributed by atoms with E-state index in [0.29, 0.717) is 6.04 Å². The molecule has 0 amide bonds. The fourth-order valence-electron chi connectivity index (χ4n) is 1.56. The zero-order valence-corrected chi connectivity index (χ0v) is 10.3. The number of thioether (sulfide) groups is 1. The van der Waals surface area contributed by atoms with Gasteiger partial charge in [-0.1, -0.05) is 0 Å². The smallest absolute Gasteiger partial charge is 0.0968 e. The third-order valence-corrected chi connectivity index (χ3v) is 4.88. The summed E-state index contributed by atoms with van der Waals surface area (Å²) in [5, 5.41) is 6.76. The van der Waals surface area contributed by atoms with Crippen molar-refractivity contribution in [3.63, 3.8) is 0 Å². The summed E-state index contributed by atoms with van der Waals surface area (Å²) in [6.45, 7) is 2.15. The number of hydrogen-bond acceptors (Lipinski definition) is 4. The summed E-state index contributed by atoms with van der Waals surface area (Å²) >= 11 is 3.88. The van der Waals surface area contributed by atoms with Crippen LogP contribution in [-0.2, 0) is 0 Å². The van der Waals surface area contributed by atoms with Crippen LogP contribution in [-0.4, -0.2) is 23.5 Å². The second kappa shape index (κ2) is 4.64. The highest BCUT2D eigenvalue weighted by atomic mass is 32.2. The van der Waals surface area contributed by atoms with E-state index in [2.05, 4.69) is 29.4 Å². The molecule has 78 valence electrons. The minimum Gasteiger partial charge on any atom is -0.312 e. The van der Waals surface area contributed by atoms with Gasteiger partial charge in [0.2, 0.25) is 0 Å². The van der Waals surface area contributed by atoms with Crippen molar-refractivity contribution in [1.29, 1.82) is 0 Å². The molecule has 1 saturated heterocycles. The number of nitrogens with zero attached hydrogens (tertiary/aromatic N) is 1. The van der Waals surface area contributed by atoms with Crippen molar-refractivity contribution in [2.75, 3.05) is 18.6 Å². The maximum Gasteiger partial charge on any atom is 0.0968 e. The molecule has 1 fully saturated rings. The highest BCUT2D eigenvalue weighted by Gasteiger charge is 2.21. The molecule has 14 heavy (non-hydrogen) atoms. The maximum absolute atomic E-state index is 4.71. The highest BCUT2D eigenvalue weighted by molar-refractivity contribution is 7.99. The third kappa shape index (κ3) is 2.12. The highest BCUT2D eigenvalue weighted by Crippen LogP contribution is 2.34. The lowest BCUT2D eigenvalue weighted by molar-refractivity contribution is 0.630. The summed E-state index contributed by atoms with van der Waals surface area (Å²) in [5.41, 5.74) is 1.20. The van der Waals surface area contributed by atoms with Gasteiger partial charge < -0.3 is 5.32 Å². The Bertz CT molecular complexity index is 292. The van der Waals surface area contributed by atoms with Gasteiger partial charge in [0.1, 0.15) is 0 Å². The molecular weight excluding hydrogens is 212 g/mol. The molecule has 4 heteroatoms. The van der Waals surface area contributed by atoms with E-state index in [-0.39, 0.29) is 0 Å². The Morgan fingerprint density at radius 3 is 3.14 bits per heavy atom. The normalized spacial score (nSPS) is 24.0. The molecule has 0 bridgehead atoms. The number of rotatable bonds is 3. The van der Waals surface area contributed by atoms with E-state index in [1.807, 2.05) is 18.4 Å². The van der Waals surface area contributed by atoms with E-state index in [0.717, 1.165) is 5.92 Å². The van der Waals surface area contributed by atoms with Gasteiger partial charge >= 0.3 is 0 Å². The van der Waals surface area contributed by atoms with E-state index in [4.69, 9.17) is 4.98 Å². The third-order valence-electron chi connectivity index (χ3n) is 2.70. The molecule has 0 radical (unpaired) electrons. The van der Waals surface area contributed by atoms with Gasteiger partial charge in [0.05, 0.1) is 10.7 Å². The quantitative estimate of drug-likeness (QED) is 0.861. The second-order valence-corrected chi connectivity index (χ2v) is 5.72. The first-order chi connectivity index (χ1) is 6.81. The van der Waals surface area contributed by atoms with E-state index in [1.165, 1.54) is 28.6 Å². The van der Waals surface area contributed by atoms with Gasteiger partial charge in [-0.3, -0.25) is 0 Å². The van der Waals surface area contributed by atoms with Crippen LogP contribution in [0.3, 0.4) is 0 Å². The van der Waals surface area contributed by atoms with Crippen molar-refractivity contribution in [3.8, 4) is 0 Å². The molecule has 1 aromatic rings. The molecule has 0 aromatic carbocycles. The van der Waals surface area contributed by atoms with Crippen LogP contribution in [0, 0.1) is 0 Å². The van der Waals surface area contributed by atoms with Crippen LogP contribution in [0.4, 0.5) is 0 Å². The summed E-state index contributed by atoms with van der Waals surface area (Å²) in [6, 6.07) is 0.383. The Morgan fingerprint density at radius 2 is 2.50 bits per heavy atom. The fourth-order valence-corrected chi connectivity index (χ4v) is 3.95. The largest absolute Gasteiger partial charge is 0.312 e. The molecule has 1 aromatic heterocycles.